The molecule has 4 rings (SSSR count). The van der Waals surface area contributed by atoms with E-state index in [9.17, 15) is 9.59 Å². The molecule has 0 unspecified atom stereocenters. The van der Waals surface area contributed by atoms with Crippen molar-refractivity contribution in [1.29, 1.82) is 0 Å². The van der Waals surface area contributed by atoms with Crippen LogP contribution < -0.4 is 5.56 Å². The molecule has 0 aliphatic heterocycles. The van der Waals surface area contributed by atoms with Crippen LogP contribution in [0.3, 0.4) is 0 Å². The lowest BCUT2D eigenvalue weighted by Crippen LogP contribution is -2.20. The summed E-state index contributed by atoms with van der Waals surface area (Å²) in [5, 5.41) is 12.7. The summed E-state index contributed by atoms with van der Waals surface area (Å²) >= 11 is 6.00. The van der Waals surface area contributed by atoms with E-state index in [2.05, 4.69) is 15.3 Å². The number of fused-ring (bicyclic) bond motifs is 3. The zero-order valence-electron chi connectivity index (χ0n) is 13.6. The third kappa shape index (κ3) is 2.51. The first-order valence-electron chi connectivity index (χ1n) is 7.79. The number of benzene rings is 1. The summed E-state index contributed by atoms with van der Waals surface area (Å²) in [7, 11) is 0. The highest BCUT2D eigenvalue weighted by Gasteiger charge is 2.18. The fourth-order valence-corrected chi connectivity index (χ4v) is 2.86. The van der Waals surface area contributed by atoms with Gasteiger partial charge in [-0.05, 0) is 31.2 Å². The van der Waals surface area contributed by atoms with E-state index < -0.39 is 5.97 Å². The number of carbonyl (C=O) groups is 1. The molecule has 1 aromatic carbocycles. The van der Waals surface area contributed by atoms with Gasteiger partial charge in [-0.15, -0.1) is 10.2 Å². The van der Waals surface area contributed by atoms with Gasteiger partial charge in [0.25, 0.3) is 5.56 Å². The SMILES string of the molecule is CCOC(=O)c1cnn2c1nnc1c(=O)n(-c3cccc(Cl)c3)ccc12. The zero-order chi connectivity index (χ0) is 18.3. The number of rotatable bonds is 3. The van der Waals surface area contributed by atoms with E-state index in [1.54, 1.807) is 43.5 Å². The Morgan fingerprint density at radius 3 is 2.88 bits per heavy atom. The van der Waals surface area contributed by atoms with E-state index in [0.29, 0.717) is 16.2 Å². The Labute approximate surface area is 151 Å². The standard InChI is InChI=1S/C17H12ClN5O3/c1-2-26-17(25)12-9-19-23-13-6-7-22(11-5-3-4-10(18)8-11)16(24)14(13)20-21-15(12)23/h3-9H,2H2,1H3. The maximum atomic E-state index is 12.8. The van der Waals surface area contributed by atoms with E-state index in [1.807, 2.05) is 0 Å². The summed E-state index contributed by atoms with van der Waals surface area (Å²) in [5.74, 6) is -0.539. The Hall–Kier alpha value is -3.26. The molecule has 3 heterocycles. The Balaban J connectivity index is 1.93. The molecule has 26 heavy (non-hydrogen) atoms. The highest BCUT2D eigenvalue weighted by atomic mass is 35.5. The molecular weight excluding hydrogens is 358 g/mol. The molecule has 0 N–H and O–H groups in total. The molecule has 9 heteroatoms. The predicted octanol–water partition coefficient (Wildman–Crippen LogP) is 2.26. The molecule has 4 aromatic rings. The number of halogens is 1. The summed E-state index contributed by atoms with van der Waals surface area (Å²) in [6, 6.07) is 8.59. The van der Waals surface area contributed by atoms with Gasteiger partial charge in [0.2, 0.25) is 0 Å². The van der Waals surface area contributed by atoms with E-state index >= 15 is 0 Å². The lowest BCUT2D eigenvalue weighted by molar-refractivity contribution is 0.0528. The lowest BCUT2D eigenvalue weighted by Gasteiger charge is -2.07. The fourth-order valence-electron chi connectivity index (χ4n) is 2.67. The second kappa shape index (κ2) is 6.23. The Kier molecular flexibility index (Phi) is 3.89. The van der Waals surface area contributed by atoms with Crippen LogP contribution >= 0.6 is 11.6 Å². The van der Waals surface area contributed by atoms with Crippen molar-refractivity contribution in [3.05, 3.63) is 63.7 Å². The van der Waals surface area contributed by atoms with Crippen molar-refractivity contribution in [1.82, 2.24) is 24.4 Å². The number of ether oxygens (including phenoxy) is 1. The van der Waals surface area contributed by atoms with Gasteiger partial charge in [0.15, 0.2) is 11.2 Å². The minimum absolute atomic E-state index is 0.124. The molecule has 0 radical (unpaired) electrons. The zero-order valence-corrected chi connectivity index (χ0v) is 14.3. The molecule has 0 atom stereocenters. The molecule has 3 aromatic heterocycles. The van der Waals surface area contributed by atoms with Gasteiger partial charge < -0.3 is 4.74 Å². The highest BCUT2D eigenvalue weighted by molar-refractivity contribution is 6.30. The minimum atomic E-state index is -0.539. The summed E-state index contributed by atoms with van der Waals surface area (Å²) < 4.78 is 7.80. The Morgan fingerprint density at radius 1 is 1.27 bits per heavy atom. The van der Waals surface area contributed by atoms with Crippen LogP contribution in [0.15, 0.2) is 47.5 Å². The van der Waals surface area contributed by atoms with E-state index in [-0.39, 0.29) is 28.9 Å². The number of aromatic nitrogens is 5. The van der Waals surface area contributed by atoms with Crippen LogP contribution in [0.25, 0.3) is 22.4 Å². The van der Waals surface area contributed by atoms with Gasteiger partial charge in [-0.2, -0.15) is 5.10 Å². The lowest BCUT2D eigenvalue weighted by atomic mass is 10.3. The average Bonchev–Trinajstić information content (AvgIpc) is 3.07. The number of hydrogen-bond donors (Lipinski definition) is 0. The van der Waals surface area contributed by atoms with E-state index in [0.717, 1.165) is 0 Å². The monoisotopic (exact) mass is 369 g/mol. The predicted molar refractivity (Wildman–Crippen MR) is 94.9 cm³/mol. The number of esters is 1. The topological polar surface area (TPSA) is 91.4 Å². The summed E-state index contributed by atoms with van der Waals surface area (Å²) in [5.41, 5.74) is 1.23. The van der Waals surface area contributed by atoms with Crippen molar-refractivity contribution in [2.75, 3.05) is 6.61 Å². The van der Waals surface area contributed by atoms with Crippen molar-refractivity contribution in [2.45, 2.75) is 6.92 Å². The smallest absolute Gasteiger partial charge is 0.343 e. The maximum Gasteiger partial charge on any atom is 0.343 e. The van der Waals surface area contributed by atoms with Gasteiger partial charge in [0.1, 0.15) is 11.1 Å². The fraction of sp³-hybridized carbons (Fsp3) is 0.118. The van der Waals surface area contributed by atoms with Gasteiger partial charge in [-0.3, -0.25) is 9.36 Å². The molecule has 0 aliphatic carbocycles. The quantitative estimate of drug-likeness (QED) is 0.514. The molecule has 0 saturated carbocycles. The molecule has 0 spiro atoms. The van der Waals surface area contributed by atoms with Gasteiger partial charge in [-0.25, -0.2) is 9.31 Å². The average molecular weight is 370 g/mol. The highest BCUT2D eigenvalue weighted by Crippen LogP contribution is 2.17. The van der Waals surface area contributed by atoms with Crippen molar-refractivity contribution < 1.29 is 9.53 Å². The van der Waals surface area contributed by atoms with Crippen LogP contribution in [-0.2, 0) is 4.74 Å². The molecule has 0 fully saturated rings. The number of nitrogens with zero attached hydrogens (tertiary/aromatic N) is 5. The molecule has 8 nitrogen and oxygen atoms in total. The van der Waals surface area contributed by atoms with Crippen LogP contribution in [0.2, 0.25) is 5.02 Å². The minimum Gasteiger partial charge on any atom is -0.462 e. The molecule has 0 saturated heterocycles. The molecule has 130 valence electrons. The summed E-state index contributed by atoms with van der Waals surface area (Å²) in [6.45, 7) is 1.95. The normalized spacial score (nSPS) is 11.2. The molecule has 0 amide bonds. The number of carbonyl (C=O) groups excluding carboxylic acids is 1. The second-order valence-electron chi connectivity index (χ2n) is 5.42. The first-order valence-corrected chi connectivity index (χ1v) is 8.17. The molecule has 0 bridgehead atoms. The largest absolute Gasteiger partial charge is 0.462 e. The van der Waals surface area contributed by atoms with Gasteiger partial charge in [0, 0.05) is 11.2 Å². The van der Waals surface area contributed by atoms with Gasteiger partial charge >= 0.3 is 5.97 Å². The second-order valence-corrected chi connectivity index (χ2v) is 5.86. The van der Waals surface area contributed by atoms with Crippen LogP contribution in [0.4, 0.5) is 0 Å². The molecule has 0 aliphatic rings. The van der Waals surface area contributed by atoms with Gasteiger partial charge in [-0.1, -0.05) is 17.7 Å². The first-order chi connectivity index (χ1) is 12.6. The van der Waals surface area contributed by atoms with Gasteiger partial charge in [0.05, 0.1) is 18.5 Å². The van der Waals surface area contributed by atoms with Crippen molar-refractivity contribution >= 4 is 34.3 Å². The van der Waals surface area contributed by atoms with Crippen LogP contribution in [0, 0.1) is 0 Å². The van der Waals surface area contributed by atoms with Crippen molar-refractivity contribution in [3.8, 4) is 5.69 Å². The van der Waals surface area contributed by atoms with Crippen molar-refractivity contribution in [2.24, 2.45) is 0 Å². The maximum absolute atomic E-state index is 12.8. The first kappa shape index (κ1) is 16.2. The van der Waals surface area contributed by atoms with Crippen LogP contribution in [0.1, 0.15) is 17.3 Å². The Morgan fingerprint density at radius 2 is 2.12 bits per heavy atom. The van der Waals surface area contributed by atoms with Crippen LogP contribution in [-0.4, -0.2) is 37.0 Å². The van der Waals surface area contributed by atoms with Crippen LogP contribution in [0.5, 0.6) is 0 Å². The molecular formula is C17H12ClN5O3. The van der Waals surface area contributed by atoms with E-state index in [1.165, 1.54) is 15.3 Å². The third-order valence-electron chi connectivity index (χ3n) is 3.84. The summed E-state index contributed by atoms with van der Waals surface area (Å²) in [6.07, 6.45) is 2.95. The van der Waals surface area contributed by atoms with E-state index in [4.69, 9.17) is 16.3 Å². The number of pyridine rings is 1. The number of hydrogen-bond acceptors (Lipinski definition) is 6. The van der Waals surface area contributed by atoms with Crippen molar-refractivity contribution in [3.63, 3.8) is 0 Å². The third-order valence-corrected chi connectivity index (χ3v) is 4.08. The Bertz CT molecular complexity index is 1210. The summed E-state index contributed by atoms with van der Waals surface area (Å²) in [4.78, 5) is 24.8.